The average molecular weight is 415 g/mol. The highest BCUT2D eigenvalue weighted by Gasteiger charge is 2.24. The van der Waals surface area contributed by atoms with Crippen LogP contribution < -0.4 is 10.9 Å². The van der Waals surface area contributed by atoms with Crippen molar-refractivity contribution in [3.8, 4) is 0 Å². The van der Waals surface area contributed by atoms with Gasteiger partial charge in [-0.15, -0.1) is 0 Å². The number of hydrogen-bond donors (Lipinski definition) is 1. The number of amides is 1. The molecule has 0 radical (unpaired) electrons. The maximum atomic E-state index is 13.0. The van der Waals surface area contributed by atoms with Gasteiger partial charge in [-0.25, -0.2) is 9.18 Å². The number of benzene rings is 1. The van der Waals surface area contributed by atoms with E-state index < -0.39 is 5.63 Å². The molecular formula is C24H31FN2O3. The van der Waals surface area contributed by atoms with Crippen LogP contribution in [0.2, 0.25) is 0 Å². The molecule has 1 aliphatic heterocycles. The molecule has 162 valence electrons. The topological polar surface area (TPSA) is 62.6 Å². The average Bonchev–Trinajstić information content (AvgIpc) is 2.71. The van der Waals surface area contributed by atoms with E-state index in [0.717, 1.165) is 50.9 Å². The third-order valence-corrected chi connectivity index (χ3v) is 5.84. The summed E-state index contributed by atoms with van der Waals surface area (Å²) < 4.78 is 18.5. The maximum Gasteiger partial charge on any atom is 0.349 e. The third kappa shape index (κ3) is 5.57. The highest BCUT2D eigenvalue weighted by atomic mass is 19.1. The molecule has 0 bridgehead atoms. The monoisotopic (exact) mass is 414 g/mol. The smallest absolute Gasteiger partial charge is 0.349 e. The Balaban J connectivity index is 1.57. The summed E-state index contributed by atoms with van der Waals surface area (Å²) in [4.78, 5) is 27.5. The molecule has 6 heteroatoms. The number of aryl methyl sites for hydroxylation is 1. The van der Waals surface area contributed by atoms with E-state index in [0.29, 0.717) is 11.3 Å². The maximum absolute atomic E-state index is 13.0. The van der Waals surface area contributed by atoms with Gasteiger partial charge >= 0.3 is 5.63 Å². The molecular weight excluding hydrogens is 383 g/mol. The van der Waals surface area contributed by atoms with Crippen LogP contribution in [-0.2, 0) is 6.54 Å². The largest absolute Gasteiger partial charge is 0.427 e. The Bertz CT molecular complexity index is 915. The number of carbonyl (C=O) groups is 1. The second-order valence-electron chi connectivity index (χ2n) is 8.33. The molecule has 0 aliphatic carbocycles. The Morgan fingerprint density at radius 2 is 1.93 bits per heavy atom. The van der Waals surface area contributed by atoms with Crippen LogP contribution in [0.4, 0.5) is 4.39 Å². The first kappa shape index (κ1) is 22.2. The number of carbonyl (C=O) groups excluding carboxylic acids is 1. The SMILES string of the molecule is CCCC(C)c1cc(C)c(C(=O)NC2CCN(Cc3ccc(F)cc3)CC2)c(=O)o1. The van der Waals surface area contributed by atoms with Gasteiger partial charge in [-0.2, -0.15) is 0 Å². The van der Waals surface area contributed by atoms with Crippen LogP contribution in [0.25, 0.3) is 0 Å². The Morgan fingerprint density at radius 3 is 2.53 bits per heavy atom. The summed E-state index contributed by atoms with van der Waals surface area (Å²) in [5, 5.41) is 3.01. The van der Waals surface area contributed by atoms with Crippen molar-refractivity contribution < 1.29 is 13.6 Å². The van der Waals surface area contributed by atoms with Gasteiger partial charge in [0.25, 0.3) is 5.91 Å². The molecule has 0 spiro atoms. The van der Waals surface area contributed by atoms with Crippen molar-refractivity contribution in [2.45, 2.75) is 65.0 Å². The lowest BCUT2D eigenvalue weighted by atomic mass is 10.00. The molecule has 0 saturated carbocycles. The first-order valence-corrected chi connectivity index (χ1v) is 10.8. The van der Waals surface area contributed by atoms with Crippen molar-refractivity contribution >= 4 is 5.91 Å². The molecule has 1 atom stereocenters. The second kappa shape index (κ2) is 10.0. The lowest BCUT2D eigenvalue weighted by Crippen LogP contribution is -2.45. The van der Waals surface area contributed by atoms with Crippen LogP contribution in [0.3, 0.4) is 0 Å². The van der Waals surface area contributed by atoms with Crippen LogP contribution in [-0.4, -0.2) is 29.9 Å². The van der Waals surface area contributed by atoms with E-state index in [4.69, 9.17) is 4.42 Å². The molecule has 3 rings (SSSR count). The molecule has 1 unspecified atom stereocenters. The fourth-order valence-electron chi connectivity index (χ4n) is 4.06. The van der Waals surface area contributed by atoms with Crippen LogP contribution in [0.5, 0.6) is 0 Å². The minimum absolute atomic E-state index is 0.0273. The van der Waals surface area contributed by atoms with Gasteiger partial charge in [0.2, 0.25) is 0 Å². The van der Waals surface area contributed by atoms with Gasteiger partial charge < -0.3 is 9.73 Å². The number of rotatable bonds is 7. The number of halogens is 1. The predicted octanol–water partition coefficient (Wildman–Crippen LogP) is 4.39. The van der Waals surface area contributed by atoms with Crippen LogP contribution in [0.1, 0.15) is 72.7 Å². The van der Waals surface area contributed by atoms with Gasteiger partial charge in [0.1, 0.15) is 17.1 Å². The van der Waals surface area contributed by atoms with E-state index in [9.17, 15) is 14.0 Å². The zero-order chi connectivity index (χ0) is 21.7. The highest BCUT2D eigenvalue weighted by Crippen LogP contribution is 2.21. The zero-order valence-electron chi connectivity index (χ0n) is 18.0. The van der Waals surface area contributed by atoms with E-state index in [-0.39, 0.29) is 29.2 Å². The summed E-state index contributed by atoms with van der Waals surface area (Å²) in [5.41, 5.74) is 1.29. The Hall–Kier alpha value is -2.47. The minimum Gasteiger partial charge on any atom is -0.427 e. The van der Waals surface area contributed by atoms with Crippen molar-refractivity contribution in [3.05, 3.63) is 69.0 Å². The van der Waals surface area contributed by atoms with Gasteiger partial charge in [-0.05, 0) is 55.5 Å². The number of hydrogen-bond acceptors (Lipinski definition) is 4. The number of nitrogens with one attached hydrogen (secondary N) is 1. The summed E-state index contributed by atoms with van der Waals surface area (Å²) >= 11 is 0. The first-order valence-electron chi connectivity index (χ1n) is 10.8. The zero-order valence-corrected chi connectivity index (χ0v) is 18.0. The molecule has 2 aromatic rings. The second-order valence-corrected chi connectivity index (χ2v) is 8.33. The third-order valence-electron chi connectivity index (χ3n) is 5.84. The quantitative estimate of drug-likeness (QED) is 0.730. The Labute approximate surface area is 177 Å². The number of nitrogens with zero attached hydrogens (tertiary/aromatic N) is 1. The van der Waals surface area contributed by atoms with Crippen molar-refractivity contribution in [2.24, 2.45) is 0 Å². The summed E-state index contributed by atoms with van der Waals surface area (Å²) in [6.45, 7) is 8.35. The van der Waals surface area contributed by atoms with Crippen LogP contribution in [0.15, 0.2) is 39.5 Å². The van der Waals surface area contributed by atoms with Crippen LogP contribution in [0, 0.1) is 12.7 Å². The summed E-state index contributed by atoms with van der Waals surface area (Å²) in [5.74, 6) is 0.217. The summed E-state index contributed by atoms with van der Waals surface area (Å²) in [7, 11) is 0. The first-order chi connectivity index (χ1) is 14.4. The molecule has 1 aromatic carbocycles. The molecule has 5 nitrogen and oxygen atoms in total. The van der Waals surface area contributed by atoms with Gasteiger partial charge in [-0.1, -0.05) is 32.4 Å². The molecule has 1 aliphatic rings. The van der Waals surface area contributed by atoms with E-state index in [1.54, 1.807) is 19.1 Å². The summed E-state index contributed by atoms with van der Waals surface area (Å²) in [6, 6.07) is 8.41. The molecule has 1 saturated heterocycles. The molecule has 30 heavy (non-hydrogen) atoms. The van der Waals surface area contributed by atoms with Crippen molar-refractivity contribution in [1.29, 1.82) is 0 Å². The Morgan fingerprint density at radius 1 is 1.27 bits per heavy atom. The lowest BCUT2D eigenvalue weighted by molar-refractivity contribution is 0.0903. The number of piperidine rings is 1. The van der Waals surface area contributed by atoms with Gasteiger partial charge in [0.15, 0.2) is 0 Å². The number of likely N-dealkylation sites (tertiary alicyclic amines) is 1. The van der Waals surface area contributed by atoms with E-state index in [2.05, 4.69) is 17.1 Å². The van der Waals surface area contributed by atoms with E-state index in [1.165, 1.54) is 12.1 Å². The fraction of sp³-hybridized carbons (Fsp3) is 0.500. The molecule has 2 heterocycles. The highest BCUT2D eigenvalue weighted by molar-refractivity contribution is 5.95. The van der Waals surface area contributed by atoms with E-state index >= 15 is 0 Å². The predicted molar refractivity (Wildman–Crippen MR) is 115 cm³/mol. The standard InChI is InChI=1S/C24H31FN2O3/c1-4-5-16(2)21-14-17(3)22(24(29)30-21)23(28)26-20-10-12-27(13-11-20)15-18-6-8-19(25)9-7-18/h6-9,14,16,20H,4-5,10-13,15H2,1-3H3,(H,26,28). The Kier molecular flexibility index (Phi) is 7.43. The molecule has 1 amide bonds. The van der Waals surface area contributed by atoms with Gasteiger partial charge in [-0.3, -0.25) is 9.69 Å². The summed E-state index contributed by atoms with van der Waals surface area (Å²) in [6.07, 6.45) is 3.56. The van der Waals surface area contributed by atoms with Gasteiger partial charge in [0, 0.05) is 31.6 Å². The minimum atomic E-state index is -0.556. The molecule has 1 fully saturated rings. The van der Waals surface area contributed by atoms with Crippen molar-refractivity contribution in [2.75, 3.05) is 13.1 Å². The van der Waals surface area contributed by atoms with Crippen molar-refractivity contribution in [3.63, 3.8) is 0 Å². The fourth-order valence-corrected chi connectivity index (χ4v) is 4.06. The van der Waals surface area contributed by atoms with Crippen molar-refractivity contribution in [1.82, 2.24) is 10.2 Å². The van der Waals surface area contributed by atoms with Gasteiger partial charge in [0.05, 0.1) is 0 Å². The van der Waals surface area contributed by atoms with Crippen LogP contribution >= 0.6 is 0 Å². The molecule has 1 N–H and O–H groups in total. The normalized spacial score (nSPS) is 16.4. The van der Waals surface area contributed by atoms with E-state index in [1.807, 2.05) is 13.0 Å². The molecule has 1 aromatic heterocycles. The lowest BCUT2D eigenvalue weighted by Gasteiger charge is -2.32.